The lowest BCUT2D eigenvalue weighted by Gasteiger charge is -2.12. The maximum absolute atomic E-state index is 12.9. The van der Waals surface area contributed by atoms with E-state index in [-0.39, 0.29) is 11.5 Å². The molecule has 4 aromatic rings. The lowest BCUT2D eigenvalue weighted by molar-refractivity contribution is 0.0954. The van der Waals surface area contributed by atoms with Crippen molar-refractivity contribution < 1.29 is 9.53 Å². The summed E-state index contributed by atoms with van der Waals surface area (Å²) in [5.41, 5.74) is 2.63. The first kappa shape index (κ1) is 19.0. The third-order valence-electron chi connectivity index (χ3n) is 5.13. The Kier molecular flexibility index (Phi) is 5.44. The Bertz CT molecular complexity index is 1220. The van der Waals surface area contributed by atoms with Gasteiger partial charge in [0, 0.05) is 54.3 Å². The summed E-state index contributed by atoms with van der Waals surface area (Å²) in [4.78, 5) is 28.9. The van der Waals surface area contributed by atoms with Gasteiger partial charge in [-0.05, 0) is 24.1 Å². The highest BCUT2D eigenvalue weighted by Crippen LogP contribution is 2.18. The number of pyridine rings is 1. The number of H-pyrrole nitrogens is 1. The third kappa shape index (κ3) is 3.79. The molecule has 0 aliphatic heterocycles. The number of methoxy groups -OCH3 is 1. The third-order valence-corrected chi connectivity index (χ3v) is 5.13. The first-order valence-electron chi connectivity index (χ1n) is 9.63. The zero-order valence-electron chi connectivity index (χ0n) is 16.3. The average molecular weight is 389 g/mol. The molecule has 6 nitrogen and oxygen atoms in total. The van der Waals surface area contributed by atoms with Crippen LogP contribution in [-0.4, -0.2) is 35.7 Å². The first-order chi connectivity index (χ1) is 14.2. The first-order valence-corrected chi connectivity index (χ1v) is 9.63. The maximum Gasteiger partial charge on any atom is 0.258 e. The molecular formula is C23H23N3O3. The number of aromatic nitrogens is 2. The van der Waals surface area contributed by atoms with E-state index in [2.05, 4.69) is 16.4 Å². The lowest BCUT2D eigenvalue weighted by Crippen LogP contribution is -2.29. The number of fused-ring (bicyclic) bond motifs is 2. The normalized spacial score (nSPS) is 11.2. The van der Waals surface area contributed by atoms with Gasteiger partial charge in [-0.1, -0.05) is 36.4 Å². The van der Waals surface area contributed by atoms with Gasteiger partial charge in [-0.2, -0.15) is 0 Å². The molecular weight excluding hydrogens is 366 g/mol. The number of hydrogen-bond acceptors (Lipinski definition) is 3. The van der Waals surface area contributed by atoms with Gasteiger partial charge in [-0.15, -0.1) is 0 Å². The molecule has 0 aliphatic carbocycles. The number of carbonyl (C=O) groups excluding carboxylic acids is 1. The van der Waals surface area contributed by atoms with Gasteiger partial charge in [0.1, 0.15) is 0 Å². The summed E-state index contributed by atoms with van der Waals surface area (Å²) >= 11 is 0. The van der Waals surface area contributed by atoms with E-state index < -0.39 is 0 Å². The number of para-hydroxylation sites is 1. The maximum atomic E-state index is 12.9. The molecule has 2 N–H and O–H groups in total. The Balaban J connectivity index is 1.56. The van der Waals surface area contributed by atoms with Crippen LogP contribution in [0.25, 0.3) is 21.7 Å². The van der Waals surface area contributed by atoms with Gasteiger partial charge < -0.3 is 19.6 Å². The van der Waals surface area contributed by atoms with Crippen molar-refractivity contribution in [2.45, 2.75) is 13.0 Å². The molecule has 0 fully saturated rings. The zero-order valence-corrected chi connectivity index (χ0v) is 16.3. The Morgan fingerprint density at radius 1 is 1.07 bits per heavy atom. The molecule has 0 saturated carbocycles. The smallest absolute Gasteiger partial charge is 0.258 e. The molecule has 1 amide bonds. The van der Waals surface area contributed by atoms with E-state index in [1.54, 1.807) is 23.9 Å². The van der Waals surface area contributed by atoms with Crippen molar-refractivity contribution in [3.05, 3.63) is 82.4 Å². The molecule has 0 unspecified atom stereocenters. The van der Waals surface area contributed by atoms with Crippen LogP contribution in [0.2, 0.25) is 0 Å². The number of nitrogens with zero attached hydrogens (tertiary/aromatic N) is 1. The number of hydrogen-bond donors (Lipinski definition) is 2. The van der Waals surface area contributed by atoms with E-state index in [9.17, 15) is 9.59 Å². The zero-order chi connectivity index (χ0) is 20.2. The molecule has 2 aromatic carbocycles. The Hall–Kier alpha value is -3.38. The molecule has 0 bridgehead atoms. The monoisotopic (exact) mass is 389 g/mol. The van der Waals surface area contributed by atoms with Crippen LogP contribution in [0.1, 0.15) is 15.9 Å². The minimum atomic E-state index is -0.188. The van der Waals surface area contributed by atoms with Crippen LogP contribution in [0.4, 0.5) is 0 Å². The highest BCUT2D eigenvalue weighted by atomic mass is 16.5. The predicted molar refractivity (Wildman–Crippen MR) is 114 cm³/mol. The average Bonchev–Trinajstić information content (AvgIpc) is 3.16. The fourth-order valence-electron chi connectivity index (χ4n) is 3.62. The SMILES string of the molecule is COCCn1cc(C(=O)NCCc2c[nH]c3ccccc23)c2ccccc2c1=O. The summed E-state index contributed by atoms with van der Waals surface area (Å²) in [7, 11) is 1.59. The second kappa shape index (κ2) is 8.32. The second-order valence-corrected chi connectivity index (χ2v) is 6.95. The highest BCUT2D eigenvalue weighted by Gasteiger charge is 2.14. The Labute approximate surface area is 168 Å². The van der Waals surface area contributed by atoms with E-state index in [0.717, 1.165) is 17.5 Å². The molecule has 6 heteroatoms. The van der Waals surface area contributed by atoms with Gasteiger partial charge in [0.15, 0.2) is 0 Å². The van der Waals surface area contributed by atoms with Crippen molar-refractivity contribution in [2.75, 3.05) is 20.3 Å². The van der Waals surface area contributed by atoms with Gasteiger partial charge in [-0.25, -0.2) is 0 Å². The number of ether oxygens (including phenoxy) is 1. The van der Waals surface area contributed by atoms with Crippen LogP contribution < -0.4 is 10.9 Å². The number of aromatic amines is 1. The van der Waals surface area contributed by atoms with Crippen LogP contribution in [0.5, 0.6) is 0 Å². The van der Waals surface area contributed by atoms with Crippen LogP contribution in [0.3, 0.4) is 0 Å². The molecule has 0 spiro atoms. The van der Waals surface area contributed by atoms with Crippen molar-refractivity contribution in [3.63, 3.8) is 0 Å². The van der Waals surface area contributed by atoms with E-state index in [1.807, 2.05) is 42.6 Å². The molecule has 2 aromatic heterocycles. The number of carbonyl (C=O) groups is 1. The van der Waals surface area contributed by atoms with E-state index in [4.69, 9.17) is 4.74 Å². The van der Waals surface area contributed by atoms with Crippen LogP contribution >= 0.6 is 0 Å². The minimum Gasteiger partial charge on any atom is -0.383 e. The largest absolute Gasteiger partial charge is 0.383 e. The summed E-state index contributed by atoms with van der Waals surface area (Å²) in [5.74, 6) is -0.188. The summed E-state index contributed by atoms with van der Waals surface area (Å²) in [6, 6.07) is 15.3. The summed E-state index contributed by atoms with van der Waals surface area (Å²) < 4.78 is 6.63. The van der Waals surface area contributed by atoms with Crippen LogP contribution in [0, 0.1) is 0 Å². The van der Waals surface area contributed by atoms with Crippen molar-refractivity contribution in [1.82, 2.24) is 14.9 Å². The number of amides is 1. The van der Waals surface area contributed by atoms with Crippen LogP contribution in [-0.2, 0) is 17.7 Å². The molecule has 0 aliphatic rings. The molecule has 148 valence electrons. The predicted octanol–water partition coefficient (Wildman–Crippen LogP) is 3.10. The second-order valence-electron chi connectivity index (χ2n) is 6.95. The molecule has 0 radical (unpaired) electrons. The van der Waals surface area contributed by atoms with Gasteiger partial charge >= 0.3 is 0 Å². The summed E-state index contributed by atoms with van der Waals surface area (Å²) in [5, 5.41) is 5.36. The molecule has 2 heterocycles. The molecule has 29 heavy (non-hydrogen) atoms. The van der Waals surface area contributed by atoms with Crippen molar-refractivity contribution in [2.24, 2.45) is 0 Å². The van der Waals surface area contributed by atoms with E-state index in [0.29, 0.717) is 36.0 Å². The molecule has 0 atom stereocenters. The van der Waals surface area contributed by atoms with Gasteiger partial charge in [0.2, 0.25) is 0 Å². The molecule has 0 saturated heterocycles. The quantitative estimate of drug-likeness (QED) is 0.510. The Morgan fingerprint density at radius 3 is 2.59 bits per heavy atom. The van der Waals surface area contributed by atoms with Crippen molar-refractivity contribution in [3.8, 4) is 0 Å². The number of benzene rings is 2. The van der Waals surface area contributed by atoms with Crippen molar-refractivity contribution in [1.29, 1.82) is 0 Å². The minimum absolute atomic E-state index is 0.118. The lowest BCUT2D eigenvalue weighted by atomic mass is 10.1. The number of rotatable bonds is 7. The van der Waals surface area contributed by atoms with Gasteiger partial charge in [0.25, 0.3) is 11.5 Å². The Morgan fingerprint density at radius 2 is 1.79 bits per heavy atom. The van der Waals surface area contributed by atoms with E-state index >= 15 is 0 Å². The standard InChI is InChI=1S/C23H23N3O3/c1-29-13-12-26-15-20(18-7-2-3-8-19(18)23(26)28)22(27)24-11-10-16-14-25-21-9-5-4-6-17(16)21/h2-9,14-15,25H,10-13H2,1H3,(H,24,27). The van der Waals surface area contributed by atoms with Gasteiger partial charge in [-0.3, -0.25) is 9.59 Å². The van der Waals surface area contributed by atoms with E-state index in [1.165, 1.54) is 5.39 Å². The van der Waals surface area contributed by atoms with Crippen LogP contribution in [0.15, 0.2) is 65.7 Å². The fourth-order valence-corrected chi connectivity index (χ4v) is 3.62. The van der Waals surface area contributed by atoms with Crippen molar-refractivity contribution >= 4 is 27.6 Å². The molecule has 4 rings (SSSR count). The summed E-state index contributed by atoms with van der Waals surface area (Å²) in [6.45, 7) is 1.31. The topological polar surface area (TPSA) is 76.1 Å². The summed E-state index contributed by atoms with van der Waals surface area (Å²) in [6.07, 6.45) is 4.33. The number of nitrogens with one attached hydrogen (secondary N) is 2. The highest BCUT2D eigenvalue weighted by molar-refractivity contribution is 6.06. The van der Waals surface area contributed by atoms with Gasteiger partial charge in [0.05, 0.1) is 12.2 Å². The fraction of sp³-hybridized carbons (Fsp3) is 0.217.